The van der Waals surface area contributed by atoms with Crippen molar-refractivity contribution in [3.8, 4) is 0 Å². The summed E-state index contributed by atoms with van der Waals surface area (Å²) in [5, 5.41) is 1.50. The molecule has 0 atom stereocenters. The third-order valence-corrected chi connectivity index (χ3v) is 4.78. The molecule has 0 heterocycles. The second-order valence-electron chi connectivity index (χ2n) is 4.59. The van der Waals surface area contributed by atoms with Crippen LogP contribution in [0.15, 0.2) is 61.2 Å². The van der Waals surface area contributed by atoms with Gasteiger partial charge in [0.2, 0.25) is 0 Å². The average molecular weight is 238 g/mol. The van der Waals surface area contributed by atoms with Crippen LogP contribution in [0.4, 0.5) is 0 Å². The Morgan fingerprint density at radius 1 is 0.882 bits per heavy atom. The standard InChI is InChI=1S/C16H18Si/c1-13(14-9-5-4-6-10-14)15-11-7-8-12-16(15)17(2)3/h4-12,17H,1H2,2-3H3. The van der Waals surface area contributed by atoms with Gasteiger partial charge in [0.15, 0.2) is 0 Å². The average Bonchev–Trinajstić information content (AvgIpc) is 2.39. The molecule has 0 spiro atoms. The maximum Gasteiger partial charge on any atom is 0.0655 e. The van der Waals surface area contributed by atoms with Gasteiger partial charge in [-0.3, -0.25) is 0 Å². The monoisotopic (exact) mass is 238 g/mol. The lowest BCUT2D eigenvalue weighted by molar-refractivity contribution is 1.57. The molecule has 0 unspecified atom stereocenters. The van der Waals surface area contributed by atoms with Crippen molar-refractivity contribution >= 4 is 19.6 Å². The highest BCUT2D eigenvalue weighted by atomic mass is 28.3. The molecular weight excluding hydrogens is 220 g/mol. The lowest BCUT2D eigenvalue weighted by atomic mass is 10.00. The van der Waals surface area contributed by atoms with Gasteiger partial charge in [-0.25, -0.2) is 0 Å². The van der Waals surface area contributed by atoms with Crippen molar-refractivity contribution in [3.05, 3.63) is 72.3 Å². The minimum atomic E-state index is -0.809. The maximum absolute atomic E-state index is 4.26. The van der Waals surface area contributed by atoms with Crippen LogP contribution >= 0.6 is 0 Å². The zero-order chi connectivity index (χ0) is 12.3. The molecular formula is C16H18Si. The highest BCUT2D eigenvalue weighted by molar-refractivity contribution is 6.71. The van der Waals surface area contributed by atoms with E-state index in [0.29, 0.717) is 0 Å². The van der Waals surface area contributed by atoms with Gasteiger partial charge in [0.25, 0.3) is 0 Å². The molecule has 0 aliphatic carbocycles. The smallest absolute Gasteiger partial charge is 0.0655 e. The van der Waals surface area contributed by atoms with Crippen LogP contribution < -0.4 is 5.19 Å². The van der Waals surface area contributed by atoms with Crippen molar-refractivity contribution in [2.75, 3.05) is 0 Å². The van der Waals surface area contributed by atoms with Crippen molar-refractivity contribution in [2.45, 2.75) is 13.1 Å². The fraction of sp³-hybridized carbons (Fsp3) is 0.125. The van der Waals surface area contributed by atoms with Gasteiger partial charge >= 0.3 is 0 Å². The second kappa shape index (κ2) is 5.15. The molecule has 2 aromatic rings. The first kappa shape index (κ1) is 11.9. The summed E-state index contributed by atoms with van der Waals surface area (Å²) in [5.74, 6) is 0. The van der Waals surface area contributed by atoms with E-state index in [1.807, 2.05) is 6.07 Å². The second-order valence-corrected chi connectivity index (χ2v) is 7.52. The van der Waals surface area contributed by atoms with E-state index < -0.39 is 8.80 Å². The van der Waals surface area contributed by atoms with Gasteiger partial charge in [0.1, 0.15) is 0 Å². The Balaban J connectivity index is 2.45. The van der Waals surface area contributed by atoms with E-state index in [2.05, 4.69) is 68.2 Å². The van der Waals surface area contributed by atoms with Gasteiger partial charge in [-0.05, 0) is 16.7 Å². The van der Waals surface area contributed by atoms with Crippen LogP contribution in [0.2, 0.25) is 13.1 Å². The highest BCUT2D eigenvalue weighted by Crippen LogP contribution is 2.20. The van der Waals surface area contributed by atoms with E-state index in [4.69, 9.17) is 0 Å². The zero-order valence-electron chi connectivity index (χ0n) is 10.5. The molecule has 0 bridgehead atoms. The molecule has 0 N–H and O–H groups in total. The van der Waals surface area contributed by atoms with Gasteiger partial charge in [0.05, 0.1) is 8.80 Å². The van der Waals surface area contributed by atoms with Gasteiger partial charge in [0, 0.05) is 0 Å². The molecule has 2 aromatic carbocycles. The van der Waals surface area contributed by atoms with Crippen LogP contribution in [-0.2, 0) is 0 Å². The molecule has 0 aliphatic rings. The van der Waals surface area contributed by atoms with E-state index in [1.54, 1.807) is 0 Å². The Labute approximate surface area is 105 Å². The fourth-order valence-corrected chi connectivity index (χ4v) is 3.46. The first-order valence-electron chi connectivity index (χ1n) is 6.03. The minimum absolute atomic E-state index is 0.809. The normalized spacial score (nSPS) is 10.5. The molecule has 0 aromatic heterocycles. The van der Waals surface area contributed by atoms with Gasteiger partial charge in [-0.15, -0.1) is 0 Å². The molecule has 86 valence electrons. The molecule has 2 rings (SSSR count). The van der Waals surface area contributed by atoms with Crippen LogP contribution in [0.3, 0.4) is 0 Å². The summed E-state index contributed by atoms with van der Waals surface area (Å²) in [6, 6.07) is 19.1. The molecule has 0 saturated heterocycles. The Hall–Kier alpha value is -1.60. The number of hydrogen-bond donors (Lipinski definition) is 0. The van der Waals surface area contributed by atoms with Crippen LogP contribution in [0.1, 0.15) is 11.1 Å². The maximum atomic E-state index is 4.26. The number of hydrogen-bond acceptors (Lipinski definition) is 0. The van der Waals surface area contributed by atoms with Gasteiger partial charge in [-0.2, -0.15) is 0 Å². The number of benzene rings is 2. The summed E-state index contributed by atoms with van der Waals surface area (Å²) in [7, 11) is -0.809. The first-order valence-corrected chi connectivity index (χ1v) is 8.92. The summed E-state index contributed by atoms with van der Waals surface area (Å²) >= 11 is 0. The minimum Gasteiger partial charge on any atom is -0.0906 e. The Kier molecular flexibility index (Phi) is 3.60. The highest BCUT2D eigenvalue weighted by Gasteiger charge is 2.10. The summed E-state index contributed by atoms with van der Waals surface area (Å²) in [6.07, 6.45) is 0. The Bertz CT molecular complexity index is 512. The molecule has 0 radical (unpaired) electrons. The topological polar surface area (TPSA) is 0 Å². The lowest BCUT2D eigenvalue weighted by Gasteiger charge is -2.14. The SMILES string of the molecule is C=C(c1ccccc1)c1ccccc1[SiH](C)C. The van der Waals surface area contributed by atoms with Crippen molar-refractivity contribution < 1.29 is 0 Å². The largest absolute Gasteiger partial charge is 0.0906 e. The third-order valence-electron chi connectivity index (χ3n) is 3.03. The molecule has 1 heteroatoms. The Morgan fingerprint density at radius 2 is 1.47 bits per heavy atom. The van der Waals surface area contributed by atoms with E-state index in [9.17, 15) is 0 Å². The van der Waals surface area contributed by atoms with Crippen molar-refractivity contribution in [3.63, 3.8) is 0 Å². The molecule has 17 heavy (non-hydrogen) atoms. The number of rotatable bonds is 3. The molecule has 0 saturated carbocycles. The van der Waals surface area contributed by atoms with Crippen molar-refractivity contribution in [1.82, 2.24) is 0 Å². The summed E-state index contributed by atoms with van der Waals surface area (Å²) in [5.41, 5.74) is 3.68. The van der Waals surface area contributed by atoms with Crippen molar-refractivity contribution in [2.24, 2.45) is 0 Å². The molecule has 0 amide bonds. The Morgan fingerprint density at radius 3 is 2.12 bits per heavy atom. The predicted octanol–water partition coefficient (Wildman–Crippen LogP) is 3.44. The predicted molar refractivity (Wildman–Crippen MR) is 79.5 cm³/mol. The van der Waals surface area contributed by atoms with E-state index in [0.717, 1.165) is 5.57 Å². The molecule has 0 nitrogen and oxygen atoms in total. The lowest BCUT2D eigenvalue weighted by Crippen LogP contribution is -2.26. The van der Waals surface area contributed by atoms with Crippen LogP contribution in [0.25, 0.3) is 5.57 Å². The molecule has 0 fully saturated rings. The van der Waals surface area contributed by atoms with E-state index in [-0.39, 0.29) is 0 Å². The van der Waals surface area contributed by atoms with E-state index >= 15 is 0 Å². The third kappa shape index (κ3) is 2.56. The fourth-order valence-electron chi connectivity index (χ4n) is 2.07. The van der Waals surface area contributed by atoms with E-state index in [1.165, 1.54) is 16.3 Å². The van der Waals surface area contributed by atoms with Gasteiger partial charge < -0.3 is 0 Å². The summed E-state index contributed by atoms with van der Waals surface area (Å²) in [6.45, 7) is 8.98. The van der Waals surface area contributed by atoms with Crippen LogP contribution in [-0.4, -0.2) is 8.80 Å². The molecule has 0 aliphatic heterocycles. The van der Waals surface area contributed by atoms with Crippen LogP contribution in [0.5, 0.6) is 0 Å². The summed E-state index contributed by atoms with van der Waals surface area (Å²) in [4.78, 5) is 0. The van der Waals surface area contributed by atoms with Crippen molar-refractivity contribution in [1.29, 1.82) is 0 Å². The van der Waals surface area contributed by atoms with Gasteiger partial charge in [-0.1, -0.05) is 79.5 Å². The first-order chi connectivity index (χ1) is 8.20. The zero-order valence-corrected chi connectivity index (χ0v) is 11.6. The van der Waals surface area contributed by atoms with Crippen LogP contribution in [0, 0.1) is 0 Å². The summed E-state index contributed by atoms with van der Waals surface area (Å²) < 4.78 is 0. The quantitative estimate of drug-likeness (QED) is 0.719.